The third-order valence-electron chi connectivity index (χ3n) is 5.69. The van der Waals surface area contributed by atoms with E-state index in [1.807, 2.05) is 6.07 Å². The summed E-state index contributed by atoms with van der Waals surface area (Å²) in [7, 11) is 0. The molecule has 5 rings (SSSR count). The Morgan fingerprint density at radius 3 is 2.74 bits per heavy atom. The number of rotatable bonds is 6. The molecule has 2 aromatic rings. The van der Waals surface area contributed by atoms with E-state index in [-0.39, 0.29) is 18.2 Å². The zero-order valence-corrected chi connectivity index (χ0v) is 18.0. The van der Waals surface area contributed by atoms with Crippen molar-refractivity contribution in [2.75, 3.05) is 38.7 Å². The highest BCUT2D eigenvalue weighted by atomic mass is 32.2. The van der Waals surface area contributed by atoms with Crippen LogP contribution < -0.4 is 20.1 Å². The zero-order valence-electron chi connectivity index (χ0n) is 17.2. The molecule has 1 amide bonds. The van der Waals surface area contributed by atoms with Crippen LogP contribution in [0.4, 0.5) is 0 Å². The van der Waals surface area contributed by atoms with Crippen molar-refractivity contribution in [1.82, 2.24) is 30.4 Å². The van der Waals surface area contributed by atoms with E-state index in [4.69, 9.17) is 9.47 Å². The number of amides is 1. The van der Waals surface area contributed by atoms with Gasteiger partial charge in [0.2, 0.25) is 12.7 Å². The number of nitrogens with zero attached hydrogens (tertiary/aromatic N) is 4. The first kappa shape index (κ1) is 20.5. The fraction of sp³-hybridized carbons (Fsp3) is 0.476. The Morgan fingerprint density at radius 2 is 1.90 bits per heavy atom. The Kier molecular flexibility index (Phi) is 6.21. The van der Waals surface area contributed by atoms with Gasteiger partial charge in [0.15, 0.2) is 16.7 Å². The summed E-state index contributed by atoms with van der Waals surface area (Å²) in [6.07, 6.45) is 3.82. The molecule has 164 valence electrons. The van der Waals surface area contributed by atoms with E-state index in [0.29, 0.717) is 13.2 Å². The standard InChI is InChI=1S/C21H26N6O3S/c28-19-11-16(13-31-21-22-4-1-5-23-21)24-20(25-19)27-8-6-26(7-9-27)12-15-2-3-17-18(10-15)30-14-29-17/h1-5,10,16,20,24H,6-9,11-14H2,(H,25,28). The molecular weight excluding hydrogens is 416 g/mol. The Bertz CT molecular complexity index is 909. The van der Waals surface area contributed by atoms with Gasteiger partial charge in [-0.05, 0) is 23.8 Å². The lowest BCUT2D eigenvalue weighted by molar-refractivity contribution is -0.127. The Hall–Kier alpha value is -2.40. The molecule has 10 heteroatoms. The number of aromatic nitrogens is 2. The summed E-state index contributed by atoms with van der Waals surface area (Å²) >= 11 is 1.58. The van der Waals surface area contributed by atoms with Crippen LogP contribution >= 0.6 is 11.8 Å². The van der Waals surface area contributed by atoms with Crippen molar-refractivity contribution in [3.05, 3.63) is 42.2 Å². The minimum Gasteiger partial charge on any atom is -0.454 e. The summed E-state index contributed by atoms with van der Waals surface area (Å²) in [6, 6.07) is 8.05. The molecule has 0 bridgehead atoms. The number of ether oxygens (including phenoxy) is 2. The molecule has 0 aliphatic carbocycles. The zero-order chi connectivity index (χ0) is 21.0. The third-order valence-corrected chi connectivity index (χ3v) is 6.73. The molecule has 2 N–H and O–H groups in total. The second-order valence-corrected chi connectivity index (χ2v) is 8.87. The molecule has 0 radical (unpaired) electrons. The first-order chi connectivity index (χ1) is 15.2. The molecule has 1 aromatic heterocycles. The Morgan fingerprint density at radius 1 is 1.10 bits per heavy atom. The number of fused-ring (bicyclic) bond motifs is 1. The van der Waals surface area contributed by atoms with Gasteiger partial charge in [-0.15, -0.1) is 0 Å². The summed E-state index contributed by atoms with van der Waals surface area (Å²) in [5, 5.41) is 7.42. The van der Waals surface area contributed by atoms with Crippen molar-refractivity contribution in [1.29, 1.82) is 0 Å². The van der Waals surface area contributed by atoms with E-state index in [2.05, 4.69) is 42.5 Å². The van der Waals surface area contributed by atoms with Crippen LogP contribution in [0.5, 0.6) is 11.5 Å². The van der Waals surface area contributed by atoms with Gasteiger partial charge in [0, 0.05) is 63.3 Å². The topological polar surface area (TPSA) is 91.9 Å². The maximum atomic E-state index is 12.3. The van der Waals surface area contributed by atoms with Crippen molar-refractivity contribution in [3.8, 4) is 11.5 Å². The molecule has 9 nitrogen and oxygen atoms in total. The molecule has 4 heterocycles. The van der Waals surface area contributed by atoms with Crippen molar-refractivity contribution in [3.63, 3.8) is 0 Å². The van der Waals surface area contributed by atoms with Crippen LogP contribution in [-0.4, -0.2) is 76.7 Å². The van der Waals surface area contributed by atoms with Gasteiger partial charge in [0.05, 0.1) is 0 Å². The van der Waals surface area contributed by atoms with E-state index in [0.717, 1.165) is 55.1 Å². The third kappa shape index (κ3) is 5.09. The summed E-state index contributed by atoms with van der Waals surface area (Å²) < 4.78 is 10.9. The van der Waals surface area contributed by atoms with Crippen LogP contribution in [0.15, 0.2) is 41.8 Å². The molecule has 2 atom stereocenters. The molecule has 0 spiro atoms. The van der Waals surface area contributed by atoms with E-state index >= 15 is 0 Å². The first-order valence-corrected chi connectivity index (χ1v) is 11.5. The monoisotopic (exact) mass is 442 g/mol. The molecule has 1 aromatic carbocycles. The predicted molar refractivity (Wildman–Crippen MR) is 116 cm³/mol. The normalized spacial score (nSPS) is 24.2. The maximum Gasteiger partial charge on any atom is 0.231 e. The number of carbonyl (C=O) groups is 1. The van der Waals surface area contributed by atoms with Gasteiger partial charge < -0.3 is 14.8 Å². The molecule has 2 fully saturated rings. The van der Waals surface area contributed by atoms with Crippen molar-refractivity contribution >= 4 is 17.7 Å². The second kappa shape index (κ2) is 9.39. The highest BCUT2D eigenvalue weighted by Gasteiger charge is 2.31. The summed E-state index contributed by atoms with van der Waals surface area (Å²) in [5.74, 6) is 2.50. The van der Waals surface area contributed by atoms with Crippen LogP contribution in [0.2, 0.25) is 0 Å². The lowest BCUT2D eigenvalue weighted by Crippen LogP contribution is -2.66. The highest BCUT2D eigenvalue weighted by Crippen LogP contribution is 2.32. The number of benzene rings is 1. The lowest BCUT2D eigenvalue weighted by atomic mass is 10.1. The SMILES string of the molecule is O=C1CC(CSc2ncccn2)NC(N2CCN(Cc3ccc4c(c3)OCO4)CC2)N1. The van der Waals surface area contributed by atoms with Gasteiger partial charge in [-0.3, -0.25) is 19.9 Å². The number of nitrogens with one attached hydrogen (secondary N) is 2. The van der Waals surface area contributed by atoms with Gasteiger partial charge >= 0.3 is 0 Å². The Balaban J connectivity index is 1.11. The van der Waals surface area contributed by atoms with Crippen LogP contribution in [0, 0.1) is 0 Å². The molecule has 2 unspecified atom stereocenters. The van der Waals surface area contributed by atoms with Crippen LogP contribution in [0.3, 0.4) is 0 Å². The minimum absolute atomic E-state index is 0.0890. The summed E-state index contributed by atoms with van der Waals surface area (Å²) in [6.45, 7) is 4.86. The van der Waals surface area contributed by atoms with Gasteiger partial charge in [0.25, 0.3) is 0 Å². The highest BCUT2D eigenvalue weighted by molar-refractivity contribution is 7.99. The molecule has 0 saturated carbocycles. The van der Waals surface area contributed by atoms with Crippen LogP contribution in [0.25, 0.3) is 0 Å². The second-order valence-electron chi connectivity index (χ2n) is 7.88. The van der Waals surface area contributed by atoms with Gasteiger partial charge in [0.1, 0.15) is 6.29 Å². The van der Waals surface area contributed by atoms with E-state index in [1.165, 1.54) is 5.56 Å². The summed E-state index contributed by atoms with van der Waals surface area (Å²) in [5.41, 5.74) is 1.22. The van der Waals surface area contributed by atoms with Crippen LogP contribution in [0.1, 0.15) is 12.0 Å². The van der Waals surface area contributed by atoms with Gasteiger partial charge in [-0.1, -0.05) is 17.8 Å². The Labute approximate surface area is 185 Å². The van der Waals surface area contributed by atoms with Crippen LogP contribution in [-0.2, 0) is 11.3 Å². The van der Waals surface area contributed by atoms with Crippen molar-refractivity contribution in [2.24, 2.45) is 0 Å². The minimum atomic E-state index is -0.128. The smallest absolute Gasteiger partial charge is 0.231 e. The quantitative estimate of drug-likeness (QED) is 0.500. The predicted octanol–water partition coefficient (Wildman–Crippen LogP) is 0.877. The van der Waals surface area contributed by atoms with Gasteiger partial charge in [-0.25, -0.2) is 9.97 Å². The molecular formula is C21H26N6O3S. The average molecular weight is 443 g/mol. The van der Waals surface area contributed by atoms with Gasteiger partial charge in [-0.2, -0.15) is 0 Å². The van der Waals surface area contributed by atoms with E-state index in [1.54, 1.807) is 30.2 Å². The molecule has 3 aliphatic heterocycles. The fourth-order valence-corrected chi connectivity index (χ4v) is 4.91. The van der Waals surface area contributed by atoms with Crippen molar-refractivity contribution in [2.45, 2.75) is 30.5 Å². The average Bonchev–Trinajstić information content (AvgIpc) is 3.27. The van der Waals surface area contributed by atoms with E-state index < -0.39 is 0 Å². The summed E-state index contributed by atoms with van der Waals surface area (Å²) in [4.78, 5) is 25.5. The number of hydrogen-bond acceptors (Lipinski definition) is 9. The number of piperazine rings is 1. The number of hydrogen-bond donors (Lipinski definition) is 2. The molecule has 3 aliphatic rings. The lowest BCUT2D eigenvalue weighted by Gasteiger charge is -2.43. The maximum absolute atomic E-state index is 12.3. The first-order valence-electron chi connectivity index (χ1n) is 10.5. The van der Waals surface area contributed by atoms with Crippen molar-refractivity contribution < 1.29 is 14.3 Å². The largest absolute Gasteiger partial charge is 0.454 e. The number of thioether (sulfide) groups is 1. The molecule has 2 saturated heterocycles. The van der Waals surface area contributed by atoms with E-state index in [9.17, 15) is 4.79 Å². The fourth-order valence-electron chi connectivity index (χ4n) is 4.08. The molecule has 31 heavy (non-hydrogen) atoms. The number of carbonyl (C=O) groups excluding carboxylic acids is 1.